The average molecular weight is 476 g/mol. The second kappa shape index (κ2) is 9.95. The van der Waals surface area contributed by atoms with E-state index in [0.29, 0.717) is 16.8 Å². The molecular formula is C26H29N5O2S. The van der Waals surface area contributed by atoms with Crippen molar-refractivity contribution in [2.45, 2.75) is 43.8 Å². The third-order valence-electron chi connectivity index (χ3n) is 6.63. The molecule has 0 spiro atoms. The number of amides is 1. The van der Waals surface area contributed by atoms with E-state index < -0.39 is 0 Å². The van der Waals surface area contributed by atoms with Gasteiger partial charge in [0.2, 0.25) is 5.91 Å². The Labute approximate surface area is 205 Å². The predicted octanol–water partition coefficient (Wildman–Crippen LogP) is 4.76. The summed E-state index contributed by atoms with van der Waals surface area (Å²) in [5.41, 5.74) is 3.83. The summed E-state index contributed by atoms with van der Waals surface area (Å²) in [5.74, 6) is -0.185. The number of carbonyl (C=O) groups excluding carboxylic acids is 1. The SMILES string of the molecule is COCC(=O)Nc1ccc(N2C(=S)N[C@@H](c3ccccn3)[C@@H]2c2ccn(C3CCCC3)c2)cc1. The maximum absolute atomic E-state index is 11.9. The molecule has 5 rings (SSSR count). The summed E-state index contributed by atoms with van der Waals surface area (Å²) in [6, 6.07) is 16.4. The van der Waals surface area contributed by atoms with Gasteiger partial charge in [0.1, 0.15) is 6.61 Å². The van der Waals surface area contributed by atoms with Crippen molar-refractivity contribution in [1.29, 1.82) is 0 Å². The maximum atomic E-state index is 11.9. The molecule has 1 amide bonds. The van der Waals surface area contributed by atoms with Crippen LogP contribution in [0.15, 0.2) is 67.1 Å². The molecule has 7 nitrogen and oxygen atoms in total. The molecule has 1 saturated heterocycles. The van der Waals surface area contributed by atoms with Crippen LogP contribution in [0.25, 0.3) is 0 Å². The van der Waals surface area contributed by atoms with Gasteiger partial charge in [0, 0.05) is 43.1 Å². The third kappa shape index (κ3) is 4.56. The molecule has 0 radical (unpaired) electrons. The van der Waals surface area contributed by atoms with E-state index in [1.54, 1.807) is 0 Å². The molecule has 1 aromatic carbocycles. The lowest BCUT2D eigenvalue weighted by Crippen LogP contribution is -2.29. The number of hydrogen-bond acceptors (Lipinski definition) is 4. The van der Waals surface area contributed by atoms with E-state index in [4.69, 9.17) is 17.0 Å². The number of carbonyl (C=O) groups is 1. The number of anilines is 2. The molecule has 2 aliphatic rings. The fourth-order valence-corrected chi connectivity index (χ4v) is 5.39. The van der Waals surface area contributed by atoms with Crippen molar-refractivity contribution in [3.63, 3.8) is 0 Å². The second-order valence-corrected chi connectivity index (χ2v) is 9.24. The minimum Gasteiger partial charge on any atom is -0.375 e. The van der Waals surface area contributed by atoms with Gasteiger partial charge in [-0.1, -0.05) is 18.9 Å². The summed E-state index contributed by atoms with van der Waals surface area (Å²) in [7, 11) is 1.50. The predicted molar refractivity (Wildman–Crippen MR) is 137 cm³/mol. The fourth-order valence-electron chi connectivity index (χ4n) is 5.04. The van der Waals surface area contributed by atoms with Crippen molar-refractivity contribution < 1.29 is 9.53 Å². The van der Waals surface area contributed by atoms with Gasteiger partial charge < -0.3 is 24.8 Å². The van der Waals surface area contributed by atoms with Crippen molar-refractivity contribution in [3.8, 4) is 0 Å². The highest BCUT2D eigenvalue weighted by Crippen LogP contribution is 2.42. The zero-order chi connectivity index (χ0) is 23.5. The molecular weight excluding hydrogens is 446 g/mol. The van der Waals surface area contributed by atoms with Crippen LogP contribution in [0, 0.1) is 0 Å². The highest BCUT2D eigenvalue weighted by molar-refractivity contribution is 7.80. The highest BCUT2D eigenvalue weighted by Gasteiger charge is 2.41. The lowest BCUT2D eigenvalue weighted by atomic mass is 9.98. The van der Waals surface area contributed by atoms with Gasteiger partial charge >= 0.3 is 0 Å². The molecule has 3 heterocycles. The first-order valence-corrected chi connectivity index (χ1v) is 12.1. The summed E-state index contributed by atoms with van der Waals surface area (Å²) >= 11 is 5.82. The van der Waals surface area contributed by atoms with Crippen molar-refractivity contribution in [2.24, 2.45) is 0 Å². The van der Waals surface area contributed by atoms with Crippen molar-refractivity contribution in [1.82, 2.24) is 14.9 Å². The van der Waals surface area contributed by atoms with Crippen molar-refractivity contribution in [2.75, 3.05) is 23.9 Å². The van der Waals surface area contributed by atoms with Crippen LogP contribution in [0.4, 0.5) is 11.4 Å². The molecule has 1 saturated carbocycles. The van der Waals surface area contributed by atoms with Gasteiger partial charge in [-0.2, -0.15) is 0 Å². The minimum absolute atomic E-state index is 0.0215. The number of methoxy groups -OCH3 is 1. The second-order valence-electron chi connectivity index (χ2n) is 8.85. The topological polar surface area (TPSA) is 71.4 Å². The normalized spacial score (nSPS) is 20.5. The molecule has 2 fully saturated rings. The Morgan fingerprint density at radius 3 is 2.68 bits per heavy atom. The molecule has 176 valence electrons. The Kier molecular flexibility index (Phi) is 6.60. The van der Waals surface area contributed by atoms with Crippen molar-refractivity contribution >= 4 is 34.6 Å². The molecule has 1 aliphatic heterocycles. The molecule has 2 atom stereocenters. The largest absolute Gasteiger partial charge is 0.375 e. The van der Waals surface area contributed by atoms with Crippen LogP contribution < -0.4 is 15.5 Å². The van der Waals surface area contributed by atoms with E-state index in [0.717, 1.165) is 11.4 Å². The highest BCUT2D eigenvalue weighted by atomic mass is 32.1. The van der Waals surface area contributed by atoms with Gasteiger partial charge in [0.25, 0.3) is 0 Å². The summed E-state index contributed by atoms with van der Waals surface area (Å²) < 4.78 is 7.26. The maximum Gasteiger partial charge on any atom is 0.250 e. The van der Waals surface area contributed by atoms with Crippen molar-refractivity contribution in [3.05, 3.63) is 78.4 Å². The number of benzene rings is 1. The molecule has 3 aromatic rings. The molecule has 2 aromatic heterocycles. The van der Waals surface area contributed by atoms with Crippen LogP contribution in [-0.2, 0) is 9.53 Å². The van der Waals surface area contributed by atoms with Crippen LogP contribution >= 0.6 is 12.2 Å². The Morgan fingerprint density at radius 1 is 1.18 bits per heavy atom. The summed E-state index contributed by atoms with van der Waals surface area (Å²) in [6.45, 7) is 0.0215. The van der Waals surface area contributed by atoms with E-state index in [2.05, 4.69) is 43.5 Å². The standard InChI is InChI=1S/C26H29N5O2S/c1-33-17-23(32)28-19-9-11-21(12-10-19)31-25(18-13-15-30(16-18)20-6-2-3-7-20)24(29-26(31)34)22-8-4-5-14-27-22/h4-5,8-16,20,24-25H,2-3,6-7,17H2,1H3,(H,28,32)(H,29,34)/t24-,25-/m0/s1. The van der Waals surface area contributed by atoms with E-state index in [9.17, 15) is 4.79 Å². The van der Waals surface area contributed by atoms with Crippen LogP contribution in [-0.4, -0.2) is 34.3 Å². The minimum atomic E-state index is -0.185. The van der Waals surface area contributed by atoms with Crippen LogP contribution in [0.1, 0.15) is 55.1 Å². The van der Waals surface area contributed by atoms with E-state index >= 15 is 0 Å². The molecule has 34 heavy (non-hydrogen) atoms. The number of ether oxygens (including phenoxy) is 1. The summed E-state index contributed by atoms with van der Waals surface area (Å²) in [4.78, 5) is 18.7. The summed E-state index contributed by atoms with van der Waals surface area (Å²) in [5, 5.41) is 7.01. The Morgan fingerprint density at radius 2 is 1.97 bits per heavy atom. The van der Waals surface area contributed by atoms with Gasteiger partial charge in [0.15, 0.2) is 5.11 Å². The number of aromatic nitrogens is 2. The molecule has 0 bridgehead atoms. The van der Waals surface area contributed by atoms with E-state index in [-0.39, 0.29) is 24.6 Å². The number of thiocarbonyl (C=S) groups is 1. The number of nitrogens with one attached hydrogen (secondary N) is 2. The molecule has 1 aliphatic carbocycles. The lowest BCUT2D eigenvalue weighted by molar-refractivity contribution is -0.119. The summed E-state index contributed by atoms with van der Waals surface area (Å²) in [6.07, 6.45) is 11.4. The first kappa shape index (κ1) is 22.6. The Hall–Kier alpha value is -3.23. The van der Waals surface area contributed by atoms with Crippen LogP contribution in [0.2, 0.25) is 0 Å². The van der Waals surface area contributed by atoms with Crippen LogP contribution in [0.5, 0.6) is 0 Å². The van der Waals surface area contributed by atoms with Gasteiger partial charge in [0.05, 0.1) is 17.8 Å². The number of pyridine rings is 1. The van der Waals surface area contributed by atoms with Crippen LogP contribution in [0.3, 0.4) is 0 Å². The van der Waals surface area contributed by atoms with Gasteiger partial charge in [-0.15, -0.1) is 0 Å². The number of hydrogen-bond donors (Lipinski definition) is 2. The first-order valence-electron chi connectivity index (χ1n) is 11.7. The fraction of sp³-hybridized carbons (Fsp3) is 0.346. The average Bonchev–Trinajstić information content (AvgIpc) is 3.60. The number of nitrogens with zero attached hydrogens (tertiary/aromatic N) is 3. The van der Waals surface area contributed by atoms with E-state index in [1.807, 2.05) is 48.7 Å². The molecule has 2 N–H and O–H groups in total. The Bertz CT molecular complexity index is 1140. The molecule has 0 unspecified atom stereocenters. The van der Waals surface area contributed by atoms with E-state index in [1.165, 1.54) is 38.4 Å². The smallest absolute Gasteiger partial charge is 0.250 e. The zero-order valence-electron chi connectivity index (χ0n) is 19.2. The third-order valence-corrected chi connectivity index (χ3v) is 6.94. The van der Waals surface area contributed by atoms with Gasteiger partial charge in [-0.25, -0.2) is 0 Å². The molecule has 8 heteroatoms. The van der Waals surface area contributed by atoms with Gasteiger partial charge in [-0.05, 0) is 73.1 Å². The zero-order valence-corrected chi connectivity index (χ0v) is 20.0. The Balaban J connectivity index is 1.47. The first-order chi connectivity index (χ1) is 16.6. The quantitative estimate of drug-likeness (QED) is 0.480. The lowest BCUT2D eigenvalue weighted by Gasteiger charge is -2.27. The van der Waals surface area contributed by atoms with Gasteiger partial charge in [-0.3, -0.25) is 9.78 Å². The monoisotopic (exact) mass is 475 g/mol. The number of rotatable bonds is 7.